The monoisotopic (exact) mass is 358 g/mol. The number of hydrogen-bond donors (Lipinski definition) is 1. The van der Waals surface area contributed by atoms with Crippen LogP contribution in [0.2, 0.25) is 5.02 Å². The van der Waals surface area contributed by atoms with Gasteiger partial charge in [0.15, 0.2) is 6.61 Å². The third-order valence-corrected chi connectivity index (χ3v) is 4.80. The van der Waals surface area contributed by atoms with Crippen LogP contribution in [0.1, 0.15) is 24.4 Å². The molecule has 0 aromatic heterocycles. The summed E-state index contributed by atoms with van der Waals surface area (Å²) in [7, 11) is 0. The predicted molar refractivity (Wildman–Crippen MR) is 99.9 cm³/mol. The first kappa shape index (κ1) is 17.8. The van der Waals surface area contributed by atoms with E-state index < -0.39 is 0 Å². The summed E-state index contributed by atoms with van der Waals surface area (Å²) >= 11 is 6.39. The minimum Gasteiger partial charge on any atom is -0.484 e. The van der Waals surface area contributed by atoms with E-state index in [4.69, 9.17) is 16.3 Å². The molecular weight excluding hydrogens is 336 g/mol. The highest BCUT2D eigenvalue weighted by molar-refractivity contribution is 6.31. The van der Waals surface area contributed by atoms with Crippen LogP contribution in [0.5, 0.6) is 5.75 Å². The zero-order chi connectivity index (χ0) is 17.5. The molecule has 25 heavy (non-hydrogen) atoms. The van der Waals surface area contributed by atoms with Gasteiger partial charge in [-0.25, -0.2) is 0 Å². The van der Waals surface area contributed by atoms with Crippen molar-refractivity contribution in [2.24, 2.45) is 0 Å². The molecule has 3 rings (SSSR count). The minimum atomic E-state index is -0.125. The van der Waals surface area contributed by atoms with Gasteiger partial charge in [-0.3, -0.25) is 9.69 Å². The molecule has 1 heterocycles. The van der Waals surface area contributed by atoms with Gasteiger partial charge < -0.3 is 10.1 Å². The van der Waals surface area contributed by atoms with Gasteiger partial charge in [-0.2, -0.15) is 0 Å². The topological polar surface area (TPSA) is 41.6 Å². The molecule has 0 bridgehead atoms. The SMILES string of the molecule is O=C(COc1ccccc1)NC[C@H](c1ccccc1Cl)N1CCCC1. The van der Waals surface area contributed by atoms with Gasteiger partial charge >= 0.3 is 0 Å². The summed E-state index contributed by atoms with van der Waals surface area (Å²) in [6.45, 7) is 2.61. The van der Waals surface area contributed by atoms with Crippen LogP contribution >= 0.6 is 11.6 Å². The van der Waals surface area contributed by atoms with E-state index in [1.54, 1.807) is 0 Å². The molecule has 1 aliphatic rings. The number of carbonyl (C=O) groups is 1. The fourth-order valence-corrected chi connectivity index (χ4v) is 3.42. The molecule has 0 saturated carbocycles. The molecular formula is C20H23ClN2O2. The highest BCUT2D eigenvalue weighted by Crippen LogP contribution is 2.29. The molecule has 4 nitrogen and oxygen atoms in total. The largest absolute Gasteiger partial charge is 0.484 e. The average Bonchev–Trinajstić information content (AvgIpc) is 3.17. The molecule has 0 spiro atoms. The van der Waals surface area contributed by atoms with Crippen molar-refractivity contribution in [1.82, 2.24) is 10.2 Å². The first-order valence-electron chi connectivity index (χ1n) is 8.67. The van der Waals surface area contributed by atoms with Gasteiger partial charge in [0.25, 0.3) is 5.91 Å². The van der Waals surface area contributed by atoms with E-state index >= 15 is 0 Å². The maximum absolute atomic E-state index is 12.2. The summed E-state index contributed by atoms with van der Waals surface area (Å²) < 4.78 is 5.50. The van der Waals surface area contributed by atoms with Crippen LogP contribution in [0, 0.1) is 0 Å². The van der Waals surface area contributed by atoms with E-state index in [2.05, 4.69) is 10.2 Å². The number of halogens is 1. The fourth-order valence-electron chi connectivity index (χ4n) is 3.16. The number of hydrogen-bond acceptors (Lipinski definition) is 3. The lowest BCUT2D eigenvalue weighted by Gasteiger charge is -2.29. The maximum Gasteiger partial charge on any atom is 0.258 e. The summed E-state index contributed by atoms with van der Waals surface area (Å²) in [5, 5.41) is 3.74. The van der Waals surface area contributed by atoms with E-state index in [9.17, 15) is 4.79 Å². The highest BCUT2D eigenvalue weighted by atomic mass is 35.5. The quantitative estimate of drug-likeness (QED) is 0.821. The van der Waals surface area contributed by atoms with E-state index in [1.165, 1.54) is 12.8 Å². The number of amides is 1. The summed E-state index contributed by atoms with van der Waals surface area (Å²) in [6, 6.07) is 17.3. The van der Waals surface area contributed by atoms with E-state index in [1.807, 2.05) is 54.6 Å². The third-order valence-electron chi connectivity index (χ3n) is 4.45. The van der Waals surface area contributed by atoms with Crippen LogP contribution in [0.15, 0.2) is 54.6 Å². The third kappa shape index (κ3) is 4.97. The van der Waals surface area contributed by atoms with Crippen molar-refractivity contribution in [3.05, 3.63) is 65.2 Å². The summed E-state index contributed by atoms with van der Waals surface area (Å²) in [6.07, 6.45) is 2.37. The molecule has 2 aromatic rings. The summed E-state index contributed by atoms with van der Waals surface area (Å²) in [4.78, 5) is 14.6. The molecule has 0 unspecified atom stereocenters. The van der Waals surface area contributed by atoms with Gasteiger partial charge in [0, 0.05) is 11.6 Å². The number of nitrogens with zero attached hydrogens (tertiary/aromatic N) is 1. The van der Waals surface area contributed by atoms with Crippen LogP contribution in [0.3, 0.4) is 0 Å². The molecule has 1 atom stereocenters. The van der Waals surface area contributed by atoms with Gasteiger partial charge in [0.05, 0.1) is 6.04 Å². The number of benzene rings is 2. The van der Waals surface area contributed by atoms with Crippen LogP contribution in [-0.4, -0.2) is 37.0 Å². The molecule has 0 aliphatic carbocycles. The lowest BCUT2D eigenvalue weighted by Crippen LogP contribution is -2.38. The van der Waals surface area contributed by atoms with Gasteiger partial charge in [0.2, 0.25) is 0 Å². The molecule has 1 fully saturated rings. The van der Waals surface area contributed by atoms with Crippen molar-refractivity contribution in [3.63, 3.8) is 0 Å². The molecule has 1 saturated heterocycles. The van der Waals surface area contributed by atoms with Gasteiger partial charge in [-0.1, -0.05) is 48.0 Å². The van der Waals surface area contributed by atoms with Crippen LogP contribution in [0.4, 0.5) is 0 Å². The summed E-state index contributed by atoms with van der Waals surface area (Å²) in [5.41, 5.74) is 1.07. The van der Waals surface area contributed by atoms with Crippen molar-refractivity contribution in [3.8, 4) is 5.75 Å². The Labute approximate surface area is 153 Å². The Balaban J connectivity index is 1.59. The standard InChI is InChI=1S/C20H23ClN2O2/c21-18-11-5-4-10-17(18)19(23-12-6-7-13-23)14-22-20(24)15-25-16-8-2-1-3-9-16/h1-5,8-11,19H,6-7,12-15H2,(H,22,24)/t19-/m1/s1. The lowest BCUT2D eigenvalue weighted by atomic mass is 10.1. The van der Waals surface area contributed by atoms with Crippen molar-refractivity contribution in [1.29, 1.82) is 0 Å². The summed E-state index contributed by atoms with van der Waals surface area (Å²) in [5.74, 6) is 0.569. The van der Waals surface area contributed by atoms with Gasteiger partial charge in [-0.05, 0) is 49.7 Å². The maximum atomic E-state index is 12.2. The Morgan fingerprint density at radius 2 is 1.76 bits per heavy atom. The second kappa shape index (κ2) is 8.88. The zero-order valence-corrected chi connectivity index (χ0v) is 14.9. The Bertz CT molecular complexity index is 687. The highest BCUT2D eigenvalue weighted by Gasteiger charge is 2.25. The van der Waals surface area contributed by atoms with Gasteiger partial charge in [-0.15, -0.1) is 0 Å². The van der Waals surface area contributed by atoms with Gasteiger partial charge in [0.1, 0.15) is 5.75 Å². The molecule has 5 heteroatoms. The number of nitrogens with one attached hydrogen (secondary N) is 1. The van der Waals surface area contributed by atoms with Crippen LogP contribution < -0.4 is 10.1 Å². The van der Waals surface area contributed by atoms with E-state index in [0.29, 0.717) is 12.3 Å². The zero-order valence-electron chi connectivity index (χ0n) is 14.2. The number of para-hydroxylation sites is 1. The average molecular weight is 359 g/mol. The number of rotatable bonds is 7. The smallest absolute Gasteiger partial charge is 0.258 e. The normalized spacial score (nSPS) is 15.7. The number of carbonyl (C=O) groups excluding carboxylic acids is 1. The Morgan fingerprint density at radius 1 is 1.08 bits per heavy atom. The number of likely N-dealkylation sites (tertiary alicyclic amines) is 1. The molecule has 1 amide bonds. The molecule has 1 aliphatic heterocycles. The molecule has 1 N–H and O–H groups in total. The van der Waals surface area contributed by atoms with Crippen molar-refractivity contribution < 1.29 is 9.53 Å². The fraction of sp³-hybridized carbons (Fsp3) is 0.350. The second-order valence-corrected chi connectivity index (χ2v) is 6.59. The predicted octanol–water partition coefficient (Wildman–Crippen LogP) is 3.67. The molecule has 2 aromatic carbocycles. The Kier molecular flexibility index (Phi) is 6.31. The van der Waals surface area contributed by atoms with Crippen molar-refractivity contribution in [2.75, 3.05) is 26.2 Å². The molecule has 132 valence electrons. The molecule has 0 radical (unpaired) electrons. The first-order valence-corrected chi connectivity index (χ1v) is 9.05. The van der Waals surface area contributed by atoms with Crippen molar-refractivity contribution in [2.45, 2.75) is 18.9 Å². The van der Waals surface area contributed by atoms with Crippen LogP contribution in [0.25, 0.3) is 0 Å². The van der Waals surface area contributed by atoms with Crippen LogP contribution in [-0.2, 0) is 4.79 Å². The number of ether oxygens (including phenoxy) is 1. The minimum absolute atomic E-state index is 0.0131. The Hall–Kier alpha value is -2.04. The van der Waals surface area contributed by atoms with E-state index in [-0.39, 0.29) is 18.6 Å². The second-order valence-electron chi connectivity index (χ2n) is 6.19. The van der Waals surface area contributed by atoms with Crippen molar-refractivity contribution >= 4 is 17.5 Å². The lowest BCUT2D eigenvalue weighted by molar-refractivity contribution is -0.123. The Morgan fingerprint density at radius 3 is 2.48 bits per heavy atom. The van der Waals surface area contributed by atoms with E-state index in [0.717, 1.165) is 23.7 Å². The first-order chi connectivity index (χ1) is 12.2.